The van der Waals surface area contributed by atoms with Crippen LogP contribution < -0.4 is 5.32 Å². The number of hydrogen-bond acceptors (Lipinski definition) is 6. The molecule has 2 amide bonds. The second-order valence-electron chi connectivity index (χ2n) is 9.73. The Kier molecular flexibility index (Phi) is 8.56. The number of amides is 2. The molecule has 37 heavy (non-hydrogen) atoms. The summed E-state index contributed by atoms with van der Waals surface area (Å²) >= 11 is 6.77. The number of halogens is 1. The van der Waals surface area contributed by atoms with Crippen molar-refractivity contribution in [3.8, 4) is 11.1 Å². The van der Waals surface area contributed by atoms with Gasteiger partial charge in [-0.05, 0) is 49.8 Å². The molecule has 10 heteroatoms. The molecule has 0 aliphatic carbocycles. The maximum atomic E-state index is 13.0. The second kappa shape index (κ2) is 11.8. The van der Waals surface area contributed by atoms with Crippen molar-refractivity contribution in [3.05, 3.63) is 64.4 Å². The number of carbonyl (C=O) groups excluding carboxylic acids is 2. The summed E-state index contributed by atoms with van der Waals surface area (Å²) in [6.07, 6.45) is 2.54. The van der Waals surface area contributed by atoms with Gasteiger partial charge in [-0.15, -0.1) is 10.2 Å². The van der Waals surface area contributed by atoms with Crippen molar-refractivity contribution in [2.24, 2.45) is 5.92 Å². The molecule has 2 atom stereocenters. The quantitative estimate of drug-likeness (QED) is 0.368. The van der Waals surface area contributed by atoms with E-state index in [0.717, 1.165) is 35.1 Å². The van der Waals surface area contributed by atoms with Crippen LogP contribution in [0, 0.1) is 12.8 Å². The van der Waals surface area contributed by atoms with Crippen molar-refractivity contribution < 1.29 is 14.7 Å². The van der Waals surface area contributed by atoms with Crippen molar-refractivity contribution in [3.63, 3.8) is 0 Å². The van der Waals surface area contributed by atoms with Crippen molar-refractivity contribution >= 4 is 23.4 Å². The standard InChI is InChI=1S/C27H33ClN6O3/c1-18-7-3-8-20(15-18)26-22(10-4-11-23(26)28)27(37,12-6-13-29-19(2)35)21-9-5-14-34(17-21)25(36)16-24-30-32-33-31-24/h3-4,7-8,10-11,15,21,37H,5-6,9,12-14,16-17H2,1-2H3,(H,29,35)(H,30,31,32,33)/t21-,27+/m1/s1. The fourth-order valence-corrected chi connectivity index (χ4v) is 5.54. The van der Waals surface area contributed by atoms with Crippen LogP contribution in [0.4, 0.5) is 0 Å². The van der Waals surface area contributed by atoms with Gasteiger partial charge in [-0.25, -0.2) is 0 Å². The van der Waals surface area contributed by atoms with E-state index >= 15 is 0 Å². The van der Waals surface area contributed by atoms with Crippen LogP contribution in [0.5, 0.6) is 0 Å². The van der Waals surface area contributed by atoms with Crippen LogP contribution >= 0.6 is 11.6 Å². The third kappa shape index (κ3) is 6.34. The number of tetrazole rings is 1. The molecule has 1 aliphatic heterocycles. The van der Waals surface area contributed by atoms with E-state index in [4.69, 9.17) is 11.6 Å². The monoisotopic (exact) mass is 524 g/mol. The number of aromatic nitrogens is 4. The zero-order valence-corrected chi connectivity index (χ0v) is 22.0. The number of nitrogens with one attached hydrogen (secondary N) is 2. The molecule has 1 aromatic heterocycles. The van der Waals surface area contributed by atoms with E-state index in [1.165, 1.54) is 6.92 Å². The normalized spacial score (nSPS) is 17.3. The number of aromatic amines is 1. The van der Waals surface area contributed by atoms with E-state index in [0.29, 0.717) is 43.3 Å². The molecule has 4 rings (SSSR count). The van der Waals surface area contributed by atoms with Gasteiger partial charge in [-0.2, -0.15) is 5.21 Å². The Bertz CT molecular complexity index is 1230. The fourth-order valence-electron chi connectivity index (χ4n) is 5.26. The highest BCUT2D eigenvalue weighted by Crippen LogP contribution is 2.45. The Morgan fingerprint density at radius 2 is 2.08 bits per heavy atom. The van der Waals surface area contributed by atoms with Gasteiger partial charge in [0.1, 0.15) is 0 Å². The third-order valence-electron chi connectivity index (χ3n) is 7.04. The SMILES string of the molecule is CC(=O)NCCC[C@@](O)(c1cccc(Cl)c1-c1cccc(C)c1)[C@@H]1CCCN(C(=O)Cc2nn[nH]n2)C1. The Morgan fingerprint density at radius 1 is 1.27 bits per heavy atom. The number of carbonyl (C=O) groups is 2. The lowest BCUT2D eigenvalue weighted by Gasteiger charge is -2.43. The van der Waals surface area contributed by atoms with Crippen molar-refractivity contribution in [2.75, 3.05) is 19.6 Å². The van der Waals surface area contributed by atoms with E-state index in [-0.39, 0.29) is 24.2 Å². The molecule has 0 radical (unpaired) electrons. The molecule has 0 unspecified atom stereocenters. The first-order valence-electron chi connectivity index (χ1n) is 12.6. The summed E-state index contributed by atoms with van der Waals surface area (Å²) < 4.78 is 0. The zero-order valence-electron chi connectivity index (χ0n) is 21.2. The Morgan fingerprint density at radius 3 is 2.81 bits per heavy atom. The number of piperidine rings is 1. The minimum atomic E-state index is -1.27. The van der Waals surface area contributed by atoms with E-state index in [1.807, 2.05) is 43.3 Å². The average Bonchev–Trinajstić information content (AvgIpc) is 3.39. The number of hydrogen-bond donors (Lipinski definition) is 3. The Labute approximate surface area is 221 Å². The number of aryl methyl sites for hydroxylation is 1. The number of nitrogens with zero attached hydrogens (tertiary/aromatic N) is 4. The van der Waals surface area contributed by atoms with Crippen LogP contribution in [0.3, 0.4) is 0 Å². The van der Waals surface area contributed by atoms with E-state index in [9.17, 15) is 14.7 Å². The highest BCUT2D eigenvalue weighted by Gasteiger charge is 2.43. The summed E-state index contributed by atoms with van der Waals surface area (Å²) in [6, 6.07) is 13.7. The molecule has 0 bridgehead atoms. The molecule has 1 saturated heterocycles. The molecule has 9 nitrogen and oxygen atoms in total. The highest BCUT2D eigenvalue weighted by molar-refractivity contribution is 6.33. The van der Waals surface area contributed by atoms with Crippen molar-refractivity contribution in [1.29, 1.82) is 0 Å². The Hall–Kier alpha value is -3.30. The first kappa shape index (κ1) is 26.8. The number of benzene rings is 2. The number of aliphatic hydroxyl groups is 1. The first-order valence-corrected chi connectivity index (χ1v) is 13.0. The van der Waals surface area contributed by atoms with E-state index in [2.05, 4.69) is 32.0 Å². The third-order valence-corrected chi connectivity index (χ3v) is 7.36. The molecule has 196 valence electrons. The average molecular weight is 525 g/mol. The molecule has 3 aromatic rings. The molecule has 3 N–H and O–H groups in total. The lowest BCUT2D eigenvalue weighted by atomic mass is 9.72. The number of likely N-dealkylation sites (tertiary alicyclic amines) is 1. The molecule has 2 heterocycles. The summed E-state index contributed by atoms with van der Waals surface area (Å²) in [5, 5.41) is 29.6. The smallest absolute Gasteiger partial charge is 0.230 e. The van der Waals surface area contributed by atoms with E-state index < -0.39 is 5.60 Å². The van der Waals surface area contributed by atoms with Gasteiger partial charge in [-0.3, -0.25) is 9.59 Å². The van der Waals surface area contributed by atoms with Crippen LogP contribution in [0.15, 0.2) is 42.5 Å². The fraction of sp³-hybridized carbons (Fsp3) is 0.444. The molecule has 0 spiro atoms. The van der Waals surface area contributed by atoms with Crippen molar-refractivity contribution in [1.82, 2.24) is 30.8 Å². The summed E-state index contributed by atoms with van der Waals surface area (Å²) in [4.78, 5) is 26.3. The van der Waals surface area contributed by atoms with Crippen LogP contribution in [-0.4, -0.2) is 62.1 Å². The van der Waals surface area contributed by atoms with Gasteiger partial charge < -0.3 is 15.3 Å². The summed E-state index contributed by atoms with van der Waals surface area (Å²) in [5.74, 6) is -0.0940. The number of H-pyrrole nitrogens is 1. The molecule has 1 aliphatic rings. The lowest BCUT2D eigenvalue weighted by molar-refractivity contribution is -0.136. The molecule has 2 aromatic carbocycles. The maximum absolute atomic E-state index is 13.0. The van der Waals surface area contributed by atoms with E-state index in [1.54, 1.807) is 4.90 Å². The lowest BCUT2D eigenvalue weighted by Crippen LogP contribution is -2.49. The molecule has 0 saturated carbocycles. The van der Waals surface area contributed by atoms with Crippen LogP contribution in [0.25, 0.3) is 11.1 Å². The second-order valence-corrected chi connectivity index (χ2v) is 10.1. The predicted octanol–water partition coefficient (Wildman–Crippen LogP) is 3.41. The maximum Gasteiger partial charge on any atom is 0.230 e. The summed E-state index contributed by atoms with van der Waals surface area (Å²) in [5.41, 5.74) is 2.29. The molecule has 1 fully saturated rings. The van der Waals surface area contributed by atoms with Crippen LogP contribution in [0.1, 0.15) is 49.6 Å². The highest BCUT2D eigenvalue weighted by atomic mass is 35.5. The summed E-state index contributed by atoms with van der Waals surface area (Å²) in [6.45, 7) is 4.95. The zero-order chi connectivity index (χ0) is 26.4. The largest absolute Gasteiger partial charge is 0.385 e. The first-order chi connectivity index (χ1) is 17.8. The topological polar surface area (TPSA) is 124 Å². The van der Waals surface area contributed by atoms with Crippen molar-refractivity contribution in [2.45, 2.75) is 51.6 Å². The van der Waals surface area contributed by atoms with Gasteiger partial charge in [0.05, 0.1) is 12.0 Å². The number of rotatable bonds is 9. The van der Waals surface area contributed by atoms with Gasteiger partial charge >= 0.3 is 0 Å². The minimum absolute atomic E-state index is 0.0515. The van der Waals surface area contributed by atoms with Crippen LogP contribution in [-0.2, 0) is 21.6 Å². The molecular formula is C27H33ClN6O3. The van der Waals surface area contributed by atoms with Gasteiger partial charge in [0.25, 0.3) is 0 Å². The minimum Gasteiger partial charge on any atom is -0.385 e. The van der Waals surface area contributed by atoms with Gasteiger partial charge in [0.2, 0.25) is 11.8 Å². The van der Waals surface area contributed by atoms with Gasteiger partial charge in [-0.1, -0.05) is 58.8 Å². The molecular weight excluding hydrogens is 492 g/mol. The predicted molar refractivity (Wildman–Crippen MR) is 141 cm³/mol. The Balaban J connectivity index is 1.68. The van der Waals surface area contributed by atoms with Gasteiger partial charge in [0, 0.05) is 43.1 Å². The summed E-state index contributed by atoms with van der Waals surface area (Å²) in [7, 11) is 0. The van der Waals surface area contributed by atoms with Gasteiger partial charge in [0.15, 0.2) is 5.82 Å². The van der Waals surface area contributed by atoms with Crippen LogP contribution in [0.2, 0.25) is 5.02 Å².